The molecule has 0 aliphatic carbocycles. The minimum Gasteiger partial charge on any atom is -0.381 e. The summed E-state index contributed by atoms with van der Waals surface area (Å²) in [5.74, 6) is 0.598. The van der Waals surface area contributed by atoms with Gasteiger partial charge in [0.1, 0.15) is 5.03 Å². The van der Waals surface area contributed by atoms with Gasteiger partial charge in [0.25, 0.3) is 5.69 Å². The highest BCUT2D eigenvalue weighted by Gasteiger charge is 2.17. The normalized spacial score (nSPS) is 10.4. The van der Waals surface area contributed by atoms with Crippen LogP contribution in [-0.2, 0) is 5.75 Å². The van der Waals surface area contributed by atoms with Gasteiger partial charge in [-0.25, -0.2) is 9.97 Å². The molecule has 0 fully saturated rings. The molecule has 0 unspecified atom stereocenters. The van der Waals surface area contributed by atoms with Gasteiger partial charge < -0.3 is 5.73 Å². The topological polar surface area (TPSA) is 94.9 Å². The molecule has 6 nitrogen and oxygen atoms in total. The van der Waals surface area contributed by atoms with Crippen LogP contribution in [0.1, 0.15) is 5.56 Å². The number of benzene rings is 1. The Bertz CT molecular complexity index is 623. The number of halogens is 1. The zero-order valence-electron chi connectivity index (χ0n) is 9.62. The van der Waals surface area contributed by atoms with E-state index in [-0.39, 0.29) is 5.69 Å². The Morgan fingerprint density at radius 2 is 2.11 bits per heavy atom. The number of aromatic nitrogens is 2. The van der Waals surface area contributed by atoms with Crippen molar-refractivity contribution in [3.05, 3.63) is 51.3 Å². The van der Waals surface area contributed by atoms with Crippen LogP contribution in [0.2, 0.25) is 5.02 Å². The van der Waals surface area contributed by atoms with E-state index in [0.717, 1.165) is 0 Å². The van der Waals surface area contributed by atoms with Gasteiger partial charge in [-0.1, -0.05) is 29.4 Å². The number of nitrogen functional groups attached to an aromatic ring is 1. The average Bonchev–Trinajstić information content (AvgIpc) is 2.38. The van der Waals surface area contributed by atoms with E-state index in [4.69, 9.17) is 17.3 Å². The molecule has 2 N–H and O–H groups in total. The van der Waals surface area contributed by atoms with Crippen LogP contribution < -0.4 is 5.73 Å². The number of anilines is 1. The van der Waals surface area contributed by atoms with Gasteiger partial charge in [-0.15, -0.1) is 0 Å². The molecule has 19 heavy (non-hydrogen) atoms. The summed E-state index contributed by atoms with van der Waals surface area (Å²) in [4.78, 5) is 18.4. The first kappa shape index (κ1) is 13.6. The number of nitro groups is 1. The minimum atomic E-state index is -0.457. The number of thioether (sulfide) groups is 1. The lowest BCUT2D eigenvalue weighted by Crippen LogP contribution is -1.97. The second-order valence-electron chi connectivity index (χ2n) is 3.53. The molecule has 1 aromatic carbocycles. The Kier molecular flexibility index (Phi) is 4.18. The largest absolute Gasteiger partial charge is 0.381 e. The fourth-order valence-electron chi connectivity index (χ4n) is 1.45. The van der Waals surface area contributed by atoms with E-state index in [1.54, 1.807) is 12.1 Å². The maximum atomic E-state index is 10.9. The zero-order chi connectivity index (χ0) is 13.8. The summed E-state index contributed by atoms with van der Waals surface area (Å²) in [6.07, 6.45) is 3.00. The lowest BCUT2D eigenvalue weighted by molar-refractivity contribution is -0.385. The van der Waals surface area contributed by atoms with Crippen molar-refractivity contribution in [1.29, 1.82) is 0 Å². The molecular weight excluding hydrogens is 288 g/mol. The van der Waals surface area contributed by atoms with Gasteiger partial charge in [0.05, 0.1) is 15.5 Å². The summed E-state index contributed by atoms with van der Waals surface area (Å²) in [6.45, 7) is 0. The van der Waals surface area contributed by atoms with Crippen molar-refractivity contribution in [2.24, 2.45) is 0 Å². The highest BCUT2D eigenvalue weighted by molar-refractivity contribution is 7.98. The molecule has 8 heteroatoms. The summed E-state index contributed by atoms with van der Waals surface area (Å²) in [6, 6.07) is 4.58. The first-order valence-corrected chi connectivity index (χ1v) is 6.57. The van der Waals surface area contributed by atoms with Gasteiger partial charge in [-0.2, -0.15) is 0 Å². The molecular formula is C11H9ClN4O2S. The second kappa shape index (κ2) is 5.85. The summed E-state index contributed by atoms with van der Waals surface area (Å²) in [5, 5.41) is 11.8. The lowest BCUT2D eigenvalue weighted by atomic mass is 10.2. The van der Waals surface area contributed by atoms with Gasteiger partial charge in [0.2, 0.25) is 0 Å². The molecule has 0 saturated heterocycles. The monoisotopic (exact) mass is 296 g/mol. The number of hydrogen-bond acceptors (Lipinski definition) is 6. The molecule has 2 rings (SSSR count). The Hall–Kier alpha value is -1.86. The van der Waals surface area contributed by atoms with Crippen LogP contribution in [0, 0.1) is 10.1 Å². The third kappa shape index (κ3) is 3.12. The van der Waals surface area contributed by atoms with Crippen molar-refractivity contribution in [2.75, 3.05) is 5.73 Å². The summed E-state index contributed by atoms with van der Waals surface area (Å²) >= 11 is 7.25. The molecule has 0 amide bonds. The molecule has 0 spiro atoms. The van der Waals surface area contributed by atoms with Crippen LogP contribution in [0.3, 0.4) is 0 Å². The third-order valence-electron chi connectivity index (χ3n) is 2.34. The van der Waals surface area contributed by atoms with Gasteiger partial charge in [0, 0.05) is 24.2 Å². The van der Waals surface area contributed by atoms with Gasteiger partial charge in [-0.3, -0.25) is 10.1 Å². The maximum Gasteiger partial charge on any atom is 0.274 e. The fraction of sp³-hybridized carbons (Fsp3) is 0.0909. The first-order chi connectivity index (χ1) is 9.09. The van der Waals surface area contributed by atoms with Crippen molar-refractivity contribution in [3.8, 4) is 0 Å². The molecule has 1 heterocycles. The quantitative estimate of drug-likeness (QED) is 0.529. The highest BCUT2D eigenvalue weighted by atomic mass is 35.5. The Balaban J connectivity index is 2.25. The van der Waals surface area contributed by atoms with Crippen molar-refractivity contribution in [2.45, 2.75) is 10.8 Å². The standard InChI is InChI=1S/C11H9ClN4O2S/c12-8-2-1-3-9(16(17)18)7(8)6-19-11-10(13)14-4-5-15-11/h1-5H,6H2,(H2,13,14). The molecule has 0 atom stereocenters. The molecule has 0 aliphatic rings. The molecule has 0 radical (unpaired) electrons. The number of nitrogens with zero attached hydrogens (tertiary/aromatic N) is 3. The van der Waals surface area contributed by atoms with E-state index in [2.05, 4.69) is 9.97 Å². The molecule has 0 saturated carbocycles. The average molecular weight is 297 g/mol. The second-order valence-corrected chi connectivity index (χ2v) is 4.90. The maximum absolute atomic E-state index is 10.9. The Labute approximate surface area is 118 Å². The van der Waals surface area contributed by atoms with Crippen molar-refractivity contribution < 1.29 is 4.92 Å². The van der Waals surface area contributed by atoms with Crippen LogP contribution >= 0.6 is 23.4 Å². The van der Waals surface area contributed by atoms with E-state index >= 15 is 0 Å². The molecule has 1 aromatic heterocycles. The van der Waals surface area contributed by atoms with E-state index in [1.165, 1.54) is 30.2 Å². The fourth-order valence-corrected chi connectivity index (χ4v) is 2.68. The summed E-state index contributed by atoms with van der Waals surface area (Å²) in [7, 11) is 0. The lowest BCUT2D eigenvalue weighted by Gasteiger charge is -2.05. The minimum absolute atomic E-state index is 0.0116. The number of nitrogens with two attached hydrogens (primary N) is 1. The molecule has 2 aromatic rings. The molecule has 0 bridgehead atoms. The number of hydrogen-bond donors (Lipinski definition) is 1. The van der Waals surface area contributed by atoms with E-state index in [0.29, 0.717) is 27.2 Å². The highest BCUT2D eigenvalue weighted by Crippen LogP contribution is 2.33. The first-order valence-electron chi connectivity index (χ1n) is 5.20. The summed E-state index contributed by atoms with van der Waals surface area (Å²) in [5.41, 5.74) is 6.10. The zero-order valence-corrected chi connectivity index (χ0v) is 11.2. The number of nitro benzene ring substituents is 1. The van der Waals surface area contributed by atoms with Crippen LogP contribution in [0.15, 0.2) is 35.6 Å². The molecule has 0 aliphatic heterocycles. The number of rotatable bonds is 4. The van der Waals surface area contributed by atoms with Gasteiger partial charge >= 0.3 is 0 Å². The van der Waals surface area contributed by atoms with Crippen molar-refractivity contribution >= 4 is 34.9 Å². The van der Waals surface area contributed by atoms with Crippen LogP contribution in [0.4, 0.5) is 11.5 Å². The van der Waals surface area contributed by atoms with E-state index in [9.17, 15) is 10.1 Å². The van der Waals surface area contributed by atoms with Crippen LogP contribution in [0.25, 0.3) is 0 Å². The van der Waals surface area contributed by atoms with Crippen LogP contribution in [-0.4, -0.2) is 14.9 Å². The smallest absolute Gasteiger partial charge is 0.274 e. The van der Waals surface area contributed by atoms with E-state index in [1.807, 2.05) is 0 Å². The Morgan fingerprint density at radius 3 is 2.79 bits per heavy atom. The van der Waals surface area contributed by atoms with Gasteiger partial charge in [-0.05, 0) is 6.07 Å². The third-order valence-corrected chi connectivity index (χ3v) is 3.71. The van der Waals surface area contributed by atoms with Crippen LogP contribution in [0.5, 0.6) is 0 Å². The van der Waals surface area contributed by atoms with E-state index < -0.39 is 4.92 Å². The summed E-state index contributed by atoms with van der Waals surface area (Å²) < 4.78 is 0. The van der Waals surface area contributed by atoms with Crippen molar-refractivity contribution in [3.63, 3.8) is 0 Å². The SMILES string of the molecule is Nc1nccnc1SCc1c(Cl)cccc1[N+](=O)[O-]. The Morgan fingerprint density at radius 1 is 1.37 bits per heavy atom. The predicted octanol–water partition coefficient (Wildman–Crippen LogP) is 2.91. The van der Waals surface area contributed by atoms with Gasteiger partial charge in [0.15, 0.2) is 5.82 Å². The predicted molar refractivity (Wildman–Crippen MR) is 74.1 cm³/mol. The van der Waals surface area contributed by atoms with Crippen molar-refractivity contribution in [1.82, 2.24) is 9.97 Å². The molecule has 98 valence electrons.